The molecular formula is C5H9O3. The summed E-state index contributed by atoms with van der Waals surface area (Å²) in [5.74, 6) is 0. The first-order valence-electron chi connectivity index (χ1n) is 2.12. The van der Waals surface area contributed by atoms with Gasteiger partial charge in [0.25, 0.3) is 0 Å². The maximum Gasteiger partial charge on any atom is 0.508 e. The van der Waals surface area contributed by atoms with Crippen molar-refractivity contribution >= 4 is 6.16 Å². The van der Waals surface area contributed by atoms with Gasteiger partial charge in [-0.25, -0.2) is 4.79 Å². The molecule has 1 aliphatic rings. The summed E-state index contributed by atoms with van der Waals surface area (Å²) in [5.41, 5.74) is 0. The smallest absolute Gasteiger partial charge is 0.430 e. The Morgan fingerprint density at radius 2 is 2.38 bits per heavy atom. The molecule has 0 N–H and O–H groups in total. The summed E-state index contributed by atoms with van der Waals surface area (Å²) in [4.78, 5) is 10.0. The highest BCUT2D eigenvalue weighted by Crippen LogP contribution is 2.02. The van der Waals surface area contributed by atoms with Gasteiger partial charge in [0.15, 0.2) is 0 Å². The molecule has 0 amide bonds. The van der Waals surface area contributed by atoms with E-state index in [0.717, 1.165) is 0 Å². The Morgan fingerprint density at radius 1 is 1.75 bits per heavy atom. The maximum atomic E-state index is 10.0. The lowest BCUT2D eigenvalue weighted by molar-refractivity contribution is 0.121. The molecule has 47 valence electrons. The highest BCUT2D eigenvalue weighted by atomic mass is 16.8. The van der Waals surface area contributed by atoms with E-state index in [2.05, 4.69) is 9.47 Å². The average molecular weight is 117 g/mol. The van der Waals surface area contributed by atoms with Crippen LogP contribution < -0.4 is 0 Å². The minimum Gasteiger partial charge on any atom is -0.430 e. The van der Waals surface area contributed by atoms with Gasteiger partial charge in [-0.05, 0) is 6.92 Å². The summed E-state index contributed by atoms with van der Waals surface area (Å²) in [6.45, 7) is 2.18. The summed E-state index contributed by atoms with van der Waals surface area (Å²) in [5, 5.41) is 0. The lowest BCUT2D eigenvalue weighted by Crippen LogP contribution is -2.01. The molecule has 0 spiro atoms. The Hall–Kier alpha value is -0.730. The molecule has 8 heavy (non-hydrogen) atoms. The summed E-state index contributed by atoms with van der Waals surface area (Å²) in [6.07, 6.45) is -0.597. The summed E-state index contributed by atoms with van der Waals surface area (Å²) >= 11 is 0. The van der Waals surface area contributed by atoms with Crippen molar-refractivity contribution < 1.29 is 14.3 Å². The zero-order chi connectivity index (χ0) is 5.28. The summed E-state index contributed by atoms with van der Waals surface area (Å²) in [6, 6.07) is 0. The number of cyclic esters (lactones) is 2. The average Bonchev–Trinajstić information content (AvgIpc) is 1.87. The molecule has 0 saturated carbocycles. The molecule has 1 unspecified atom stereocenters. The van der Waals surface area contributed by atoms with E-state index in [9.17, 15) is 4.79 Å². The Kier molecular flexibility index (Phi) is 2.31. The maximum absolute atomic E-state index is 10.0. The van der Waals surface area contributed by atoms with E-state index < -0.39 is 6.16 Å². The zero-order valence-corrected chi connectivity index (χ0v) is 5.01. The number of carbonyl (C=O) groups is 1. The van der Waals surface area contributed by atoms with E-state index in [4.69, 9.17) is 0 Å². The zero-order valence-electron chi connectivity index (χ0n) is 5.01. The van der Waals surface area contributed by atoms with Crippen LogP contribution in [0.4, 0.5) is 4.79 Å². The van der Waals surface area contributed by atoms with Crippen molar-refractivity contribution in [2.24, 2.45) is 0 Å². The monoisotopic (exact) mass is 117 g/mol. The Morgan fingerprint density at radius 3 is 2.50 bits per heavy atom. The van der Waals surface area contributed by atoms with Crippen LogP contribution in [0.2, 0.25) is 0 Å². The third-order valence-corrected chi connectivity index (χ3v) is 0.733. The standard InChI is InChI=1S/C4H6O3.CH3/c1-3-2-6-4(5)7-3;/h3H,2H2,1H3;1H3. The molecule has 1 radical (unpaired) electrons. The normalized spacial score (nSPS) is 25.6. The molecule has 0 aromatic carbocycles. The summed E-state index contributed by atoms with van der Waals surface area (Å²) in [7, 11) is 0. The molecule has 0 aromatic rings. The second-order valence-electron chi connectivity index (χ2n) is 1.49. The number of rotatable bonds is 0. The predicted molar refractivity (Wildman–Crippen MR) is 28.3 cm³/mol. The van der Waals surface area contributed by atoms with Crippen LogP contribution in [-0.4, -0.2) is 18.9 Å². The van der Waals surface area contributed by atoms with Gasteiger partial charge >= 0.3 is 6.16 Å². The first kappa shape index (κ1) is 7.27. The SMILES string of the molecule is CC1COC(=O)O1.[CH3]. The quantitative estimate of drug-likeness (QED) is 0.444. The molecule has 1 heterocycles. The second kappa shape index (κ2) is 2.55. The number of hydrogen-bond donors (Lipinski definition) is 0. The number of carbonyl (C=O) groups excluding carboxylic acids is 1. The summed E-state index contributed by atoms with van der Waals surface area (Å²) < 4.78 is 8.90. The molecule has 1 fully saturated rings. The molecule has 1 aliphatic heterocycles. The van der Waals surface area contributed by atoms with Crippen LogP contribution >= 0.6 is 0 Å². The van der Waals surface area contributed by atoms with Crippen LogP contribution in [0, 0.1) is 7.43 Å². The lowest BCUT2D eigenvalue weighted by Gasteiger charge is -1.90. The van der Waals surface area contributed by atoms with Gasteiger partial charge in [0.1, 0.15) is 12.7 Å². The minimum absolute atomic E-state index is 0. The number of hydrogen-bond acceptors (Lipinski definition) is 3. The van der Waals surface area contributed by atoms with Gasteiger partial charge in [0.2, 0.25) is 0 Å². The highest BCUT2D eigenvalue weighted by Gasteiger charge is 2.19. The fraction of sp³-hybridized carbons (Fsp3) is 0.600. The molecule has 0 aromatic heterocycles. The van der Waals surface area contributed by atoms with Gasteiger partial charge in [-0.2, -0.15) is 0 Å². The molecule has 1 rings (SSSR count). The van der Waals surface area contributed by atoms with Crippen molar-refractivity contribution in [3.63, 3.8) is 0 Å². The van der Waals surface area contributed by atoms with Crippen molar-refractivity contribution in [2.75, 3.05) is 6.61 Å². The molecule has 1 atom stereocenters. The molecule has 0 bridgehead atoms. The van der Waals surface area contributed by atoms with Gasteiger partial charge in [-0.1, -0.05) is 7.43 Å². The van der Waals surface area contributed by atoms with Crippen molar-refractivity contribution in [3.05, 3.63) is 7.43 Å². The molecule has 0 aliphatic carbocycles. The van der Waals surface area contributed by atoms with Gasteiger partial charge in [0, 0.05) is 0 Å². The van der Waals surface area contributed by atoms with E-state index in [1.54, 1.807) is 6.92 Å². The van der Waals surface area contributed by atoms with Gasteiger partial charge in [0.05, 0.1) is 0 Å². The molecule has 3 nitrogen and oxygen atoms in total. The fourth-order valence-electron chi connectivity index (χ4n) is 0.418. The van der Waals surface area contributed by atoms with E-state index in [-0.39, 0.29) is 13.5 Å². The van der Waals surface area contributed by atoms with Crippen LogP contribution in [0.1, 0.15) is 6.92 Å². The Balaban J connectivity index is 0.000000490. The van der Waals surface area contributed by atoms with E-state index in [1.165, 1.54) is 0 Å². The second-order valence-corrected chi connectivity index (χ2v) is 1.49. The third kappa shape index (κ3) is 1.40. The number of ether oxygens (including phenoxy) is 2. The molecule has 3 heteroatoms. The topological polar surface area (TPSA) is 35.5 Å². The van der Waals surface area contributed by atoms with Crippen LogP contribution in [0.15, 0.2) is 0 Å². The van der Waals surface area contributed by atoms with Crippen LogP contribution in [0.3, 0.4) is 0 Å². The van der Waals surface area contributed by atoms with E-state index >= 15 is 0 Å². The van der Waals surface area contributed by atoms with Crippen LogP contribution in [0.5, 0.6) is 0 Å². The van der Waals surface area contributed by atoms with Gasteiger partial charge < -0.3 is 9.47 Å². The highest BCUT2D eigenvalue weighted by molar-refractivity contribution is 5.61. The van der Waals surface area contributed by atoms with Crippen molar-refractivity contribution in [1.29, 1.82) is 0 Å². The fourth-order valence-corrected chi connectivity index (χ4v) is 0.418. The predicted octanol–water partition coefficient (Wildman–Crippen LogP) is 0.992. The Labute approximate surface area is 48.6 Å². The minimum atomic E-state index is -0.549. The van der Waals surface area contributed by atoms with E-state index in [1.807, 2.05) is 0 Å². The van der Waals surface area contributed by atoms with Crippen LogP contribution in [-0.2, 0) is 9.47 Å². The van der Waals surface area contributed by atoms with Crippen LogP contribution in [0.25, 0.3) is 0 Å². The molecule has 1 saturated heterocycles. The lowest BCUT2D eigenvalue weighted by atomic mass is 10.5. The largest absolute Gasteiger partial charge is 0.508 e. The van der Waals surface area contributed by atoms with Gasteiger partial charge in [-0.15, -0.1) is 0 Å². The first-order valence-corrected chi connectivity index (χ1v) is 2.12. The Bertz CT molecular complexity index is 89.7. The van der Waals surface area contributed by atoms with Crippen molar-refractivity contribution in [1.82, 2.24) is 0 Å². The van der Waals surface area contributed by atoms with Gasteiger partial charge in [-0.3, -0.25) is 0 Å². The van der Waals surface area contributed by atoms with E-state index in [0.29, 0.717) is 6.61 Å². The first-order chi connectivity index (χ1) is 3.29. The molecular weight excluding hydrogens is 108 g/mol. The third-order valence-electron chi connectivity index (χ3n) is 0.733. The van der Waals surface area contributed by atoms with Crippen molar-refractivity contribution in [3.8, 4) is 0 Å². The van der Waals surface area contributed by atoms with Crippen molar-refractivity contribution in [2.45, 2.75) is 13.0 Å².